The van der Waals surface area contributed by atoms with Crippen LogP contribution in [0.2, 0.25) is 0 Å². The Balaban J connectivity index is 2.21. The quantitative estimate of drug-likeness (QED) is 0.387. The van der Waals surface area contributed by atoms with E-state index in [1.807, 2.05) is 0 Å². The number of hydrogen-bond donors (Lipinski definition) is 2. The molecule has 0 aliphatic heterocycles. The van der Waals surface area contributed by atoms with Gasteiger partial charge < -0.3 is 15.4 Å². The van der Waals surface area contributed by atoms with Crippen LogP contribution >= 0.6 is 11.3 Å². The Bertz CT molecular complexity index is 597. The highest BCUT2D eigenvalue weighted by Gasteiger charge is 2.06. The van der Waals surface area contributed by atoms with Crippen molar-refractivity contribution in [1.82, 2.24) is 15.6 Å². The van der Waals surface area contributed by atoms with Crippen LogP contribution in [0.1, 0.15) is 30.5 Å². The van der Waals surface area contributed by atoms with Gasteiger partial charge in [0, 0.05) is 25.2 Å². The van der Waals surface area contributed by atoms with Gasteiger partial charge in [-0.25, -0.2) is 13.4 Å². The van der Waals surface area contributed by atoms with E-state index in [0.717, 1.165) is 10.7 Å². The van der Waals surface area contributed by atoms with E-state index in [1.54, 1.807) is 18.4 Å². The normalized spacial score (nSPS) is 12.7. The smallest absolute Gasteiger partial charge is 0.191 e. The summed E-state index contributed by atoms with van der Waals surface area (Å²) in [6.45, 7) is 6.05. The lowest BCUT2D eigenvalue weighted by molar-refractivity contribution is 0.154. The first kappa shape index (κ1) is 19.9. The van der Waals surface area contributed by atoms with E-state index in [0.29, 0.717) is 31.6 Å². The first-order chi connectivity index (χ1) is 10.8. The standard InChI is InChI=1S/C14H26N4O3S2/c1-11(2)12-10-22-13(18-12)9-17-14(15-3)16-5-6-21-7-8-23(4,19)20/h10-11H,5-9H2,1-4H3,(H2,15,16,17). The van der Waals surface area contributed by atoms with Crippen molar-refractivity contribution in [3.63, 3.8) is 0 Å². The predicted molar refractivity (Wildman–Crippen MR) is 94.9 cm³/mol. The number of nitrogens with one attached hydrogen (secondary N) is 2. The van der Waals surface area contributed by atoms with Crippen LogP contribution < -0.4 is 10.6 Å². The minimum absolute atomic E-state index is 0.0439. The Morgan fingerprint density at radius 2 is 2.13 bits per heavy atom. The molecule has 1 rings (SSSR count). The zero-order valence-corrected chi connectivity index (χ0v) is 15.8. The van der Waals surface area contributed by atoms with E-state index in [2.05, 4.69) is 39.8 Å². The Labute approximate surface area is 142 Å². The highest BCUT2D eigenvalue weighted by molar-refractivity contribution is 7.90. The van der Waals surface area contributed by atoms with Gasteiger partial charge in [-0.05, 0) is 5.92 Å². The van der Waals surface area contributed by atoms with E-state index in [-0.39, 0.29) is 12.4 Å². The van der Waals surface area contributed by atoms with Gasteiger partial charge in [0.25, 0.3) is 0 Å². The van der Waals surface area contributed by atoms with Crippen molar-refractivity contribution >= 4 is 27.1 Å². The second-order valence-corrected chi connectivity index (χ2v) is 8.62. The van der Waals surface area contributed by atoms with Crippen LogP contribution in [-0.4, -0.2) is 58.2 Å². The van der Waals surface area contributed by atoms with Gasteiger partial charge in [-0.1, -0.05) is 13.8 Å². The topological polar surface area (TPSA) is 92.7 Å². The van der Waals surface area contributed by atoms with E-state index in [1.165, 1.54) is 6.26 Å². The van der Waals surface area contributed by atoms with Crippen LogP contribution in [0.25, 0.3) is 0 Å². The van der Waals surface area contributed by atoms with E-state index in [4.69, 9.17) is 4.74 Å². The molecule has 2 N–H and O–H groups in total. The third-order valence-corrected chi connectivity index (χ3v) is 4.70. The summed E-state index contributed by atoms with van der Waals surface area (Å²) in [5.74, 6) is 1.14. The molecule has 0 bridgehead atoms. The Hall–Kier alpha value is -1.19. The molecule has 0 saturated heterocycles. The molecular weight excluding hydrogens is 336 g/mol. The molecular formula is C14H26N4O3S2. The third kappa shape index (κ3) is 8.87. The molecule has 0 fully saturated rings. The van der Waals surface area contributed by atoms with Crippen molar-refractivity contribution in [3.05, 3.63) is 16.1 Å². The highest BCUT2D eigenvalue weighted by atomic mass is 32.2. The second kappa shape index (κ2) is 9.84. The molecule has 1 heterocycles. The zero-order valence-electron chi connectivity index (χ0n) is 14.1. The van der Waals surface area contributed by atoms with Gasteiger partial charge in [-0.3, -0.25) is 4.99 Å². The van der Waals surface area contributed by atoms with Crippen LogP contribution in [0.15, 0.2) is 10.4 Å². The summed E-state index contributed by atoms with van der Waals surface area (Å²) in [6.07, 6.45) is 1.20. The predicted octanol–water partition coefficient (Wildman–Crippen LogP) is 0.993. The maximum absolute atomic E-state index is 11.0. The molecule has 9 heteroatoms. The lowest BCUT2D eigenvalue weighted by atomic mass is 10.2. The second-order valence-electron chi connectivity index (χ2n) is 5.42. The zero-order chi connectivity index (χ0) is 17.3. The average Bonchev–Trinajstić information content (AvgIpc) is 2.93. The van der Waals surface area contributed by atoms with Gasteiger partial charge in [0.2, 0.25) is 0 Å². The van der Waals surface area contributed by atoms with Gasteiger partial charge in [-0.15, -0.1) is 11.3 Å². The maximum atomic E-state index is 11.0. The summed E-state index contributed by atoms with van der Waals surface area (Å²) in [5, 5.41) is 9.39. The van der Waals surface area contributed by atoms with Crippen LogP contribution in [-0.2, 0) is 21.1 Å². The first-order valence-electron chi connectivity index (χ1n) is 7.46. The Morgan fingerprint density at radius 3 is 2.70 bits per heavy atom. The summed E-state index contributed by atoms with van der Waals surface area (Å²) in [7, 11) is -1.27. The van der Waals surface area contributed by atoms with Crippen molar-refractivity contribution in [2.75, 3.05) is 38.8 Å². The lowest BCUT2D eigenvalue weighted by Gasteiger charge is -2.11. The number of rotatable bonds is 9. The largest absolute Gasteiger partial charge is 0.379 e. The number of sulfone groups is 1. The molecule has 0 amide bonds. The highest BCUT2D eigenvalue weighted by Crippen LogP contribution is 2.17. The minimum Gasteiger partial charge on any atom is -0.379 e. The fourth-order valence-corrected chi connectivity index (χ4v) is 2.92. The molecule has 1 aromatic rings. The van der Waals surface area contributed by atoms with Gasteiger partial charge in [0.1, 0.15) is 14.8 Å². The fraction of sp³-hybridized carbons (Fsp3) is 0.714. The third-order valence-electron chi connectivity index (χ3n) is 2.93. The Kier molecular flexibility index (Phi) is 8.49. The molecule has 7 nitrogen and oxygen atoms in total. The summed E-state index contributed by atoms with van der Waals surface area (Å²) >= 11 is 1.63. The molecule has 0 saturated carbocycles. The Morgan fingerprint density at radius 1 is 1.39 bits per heavy atom. The fourth-order valence-electron chi connectivity index (χ4n) is 1.61. The molecule has 0 spiro atoms. The van der Waals surface area contributed by atoms with E-state index < -0.39 is 9.84 Å². The van der Waals surface area contributed by atoms with Crippen molar-refractivity contribution in [2.24, 2.45) is 4.99 Å². The molecule has 0 aromatic carbocycles. The minimum atomic E-state index is -2.96. The number of thiazole rings is 1. The van der Waals surface area contributed by atoms with Crippen molar-refractivity contribution in [2.45, 2.75) is 26.3 Å². The monoisotopic (exact) mass is 362 g/mol. The van der Waals surface area contributed by atoms with Gasteiger partial charge >= 0.3 is 0 Å². The van der Waals surface area contributed by atoms with Crippen LogP contribution in [0.5, 0.6) is 0 Å². The first-order valence-corrected chi connectivity index (χ1v) is 10.4. The van der Waals surface area contributed by atoms with E-state index >= 15 is 0 Å². The summed E-state index contributed by atoms with van der Waals surface area (Å²) in [5.41, 5.74) is 1.11. The molecule has 23 heavy (non-hydrogen) atoms. The number of nitrogens with zero attached hydrogens (tertiary/aromatic N) is 2. The molecule has 132 valence electrons. The van der Waals surface area contributed by atoms with Crippen LogP contribution in [0.3, 0.4) is 0 Å². The van der Waals surface area contributed by atoms with Crippen molar-refractivity contribution < 1.29 is 13.2 Å². The molecule has 0 aliphatic carbocycles. The van der Waals surface area contributed by atoms with Crippen molar-refractivity contribution in [1.29, 1.82) is 0 Å². The van der Waals surface area contributed by atoms with Crippen LogP contribution in [0.4, 0.5) is 0 Å². The van der Waals surface area contributed by atoms with Gasteiger partial charge in [0.15, 0.2) is 5.96 Å². The number of aromatic nitrogens is 1. The summed E-state index contributed by atoms with van der Waals surface area (Å²) in [4.78, 5) is 8.67. The molecule has 0 unspecified atom stereocenters. The van der Waals surface area contributed by atoms with Gasteiger partial charge in [0.05, 0.1) is 31.2 Å². The molecule has 1 aromatic heterocycles. The molecule has 0 radical (unpaired) electrons. The van der Waals surface area contributed by atoms with Gasteiger partial charge in [-0.2, -0.15) is 0 Å². The number of ether oxygens (including phenoxy) is 1. The summed E-state index contributed by atoms with van der Waals surface area (Å²) < 4.78 is 27.2. The van der Waals surface area contributed by atoms with E-state index in [9.17, 15) is 8.42 Å². The van der Waals surface area contributed by atoms with Crippen LogP contribution in [0, 0.1) is 0 Å². The number of hydrogen-bond acceptors (Lipinski definition) is 6. The summed E-state index contributed by atoms with van der Waals surface area (Å²) in [6, 6.07) is 0. The number of aliphatic imine (C=N–C) groups is 1. The van der Waals surface area contributed by atoms with Crippen molar-refractivity contribution in [3.8, 4) is 0 Å². The SMILES string of the molecule is CN=C(NCCOCCS(C)(=O)=O)NCc1nc(C(C)C)cs1. The lowest BCUT2D eigenvalue weighted by Crippen LogP contribution is -2.38. The molecule has 0 atom stereocenters. The average molecular weight is 363 g/mol. The number of guanidine groups is 1. The molecule has 0 aliphatic rings. The maximum Gasteiger partial charge on any atom is 0.191 e.